The quantitative estimate of drug-likeness (QED) is 0.930. The van der Waals surface area contributed by atoms with Crippen LogP contribution in [0.1, 0.15) is 18.4 Å². The monoisotopic (exact) mass is 288 g/mol. The Bertz CT molecular complexity index is 455. The largest absolute Gasteiger partial charge is 0.494 e. The Balaban J connectivity index is 2.60. The normalized spacial score (nSPS) is 16.9. The van der Waals surface area contributed by atoms with Gasteiger partial charge in [0.15, 0.2) is 11.6 Å². The lowest BCUT2D eigenvalue weighted by Gasteiger charge is -2.15. The van der Waals surface area contributed by atoms with Gasteiger partial charge in [-0.25, -0.2) is 4.39 Å². The molecule has 0 heterocycles. The molecule has 0 atom stereocenters. The van der Waals surface area contributed by atoms with Crippen molar-refractivity contribution in [3.8, 4) is 5.75 Å². The molecule has 3 nitrogen and oxygen atoms in total. The van der Waals surface area contributed by atoms with Crippen molar-refractivity contribution in [3.05, 3.63) is 28.0 Å². The first-order valence-corrected chi connectivity index (χ1v) is 5.58. The summed E-state index contributed by atoms with van der Waals surface area (Å²) in [6, 6.07) is 3.08. The summed E-state index contributed by atoms with van der Waals surface area (Å²) in [7, 11) is 1.36. The molecule has 0 unspecified atom stereocenters. The van der Waals surface area contributed by atoms with Crippen molar-refractivity contribution >= 4 is 21.9 Å². The summed E-state index contributed by atoms with van der Waals surface area (Å²) in [6.45, 7) is 0. The lowest BCUT2D eigenvalue weighted by atomic mass is 9.95. The van der Waals surface area contributed by atoms with Crippen LogP contribution in [0.15, 0.2) is 16.6 Å². The zero-order valence-electron chi connectivity index (χ0n) is 8.59. The van der Waals surface area contributed by atoms with Gasteiger partial charge in [0.25, 0.3) is 0 Å². The minimum absolute atomic E-state index is 0.0747. The van der Waals surface area contributed by atoms with Crippen molar-refractivity contribution in [1.29, 1.82) is 0 Å². The Labute approximate surface area is 100 Å². The van der Waals surface area contributed by atoms with Crippen LogP contribution in [0, 0.1) is 5.82 Å². The Hall–Kier alpha value is -1.10. The van der Waals surface area contributed by atoms with Gasteiger partial charge in [-0.1, -0.05) is 15.9 Å². The van der Waals surface area contributed by atoms with Crippen LogP contribution in [0.3, 0.4) is 0 Å². The van der Waals surface area contributed by atoms with Gasteiger partial charge in [0.05, 0.1) is 12.5 Å². The molecule has 1 aromatic carbocycles. The molecule has 1 aliphatic rings. The molecule has 5 heteroatoms. The van der Waals surface area contributed by atoms with Gasteiger partial charge in [-0.05, 0) is 25.0 Å². The number of rotatable bonds is 3. The first-order valence-electron chi connectivity index (χ1n) is 4.79. The number of halogens is 2. The first-order chi connectivity index (χ1) is 7.53. The van der Waals surface area contributed by atoms with E-state index in [9.17, 15) is 9.18 Å². The van der Waals surface area contributed by atoms with Gasteiger partial charge in [-0.2, -0.15) is 0 Å². The zero-order chi connectivity index (χ0) is 11.9. The number of hydrogen-bond acceptors (Lipinski definition) is 2. The van der Waals surface area contributed by atoms with E-state index in [0.29, 0.717) is 17.3 Å². The van der Waals surface area contributed by atoms with Crippen LogP contribution >= 0.6 is 15.9 Å². The van der Waals surface area contributed by atoms with Crippen molar-refractivity contribution in [1.82, 2.24) is 0 Å². The summed E-state index contributed by atoms with van der Waals surface area (Å²) in [5, 5.41) is 9.14. The number of aliphatic carboxylic acids is 1. The lowest BCUT2D eigenvalue weighted by Crippen LogP contribution is -2.22. The van der Waals surface area contributed by atoms with Gasteiger partial charge in [-0.15, -0.1) is 0 Å². The highest BCUT2D eigenvalue weighted by Gasteiger charge is 2.54. The van der Waals surface area contributed by atoms with Gasteiger partial charge in [-0.3, -0.25) is 4.79 Å². The van der Waals surface area contributed by atoms with Crippen molar-refractivity contribution in [2.24, 2.45) is 0 Å². The maximum atomic E-state index is 14.0. The van der Waals surface area contributed by atoms with Crippen LogP contribution in [-0.4, -0.2) is 18.2 Å². The predicted molar refractivity (Wildman–Crippen MR) is 59.2 cm³/mol. The lowest BCUT2D eigenvalue weighted by molar-refractivity contribution is -0.140. The number of hydrogen-bond donors (Lipinski definition) is 1. The number of benzene rings is 1. The van der Waals surface area contributed by atoms with Gasteiger partial charge in [0.2, 0.25) is 0 Å². The second kappa shape index (κ2) is 3.73. The van der Waals surface area contributed by atoms with Crippen LogP contribution in [0.5, 0.6) is 5.75 Å². The third kappa shape index (κ3) is 1.50. The fourth-order valence-corrected chi connectivity index (χ4v) is 2.51. The highest BCUT2D eigenvalue weighted by molar-refractivity contribution is 9.10. The summed E-state index contributed by atoms with van der Waals surface area (Å²) >= 11 is 3.20. The van der Waals surface area contributed by atoms with Crippen LogP contribution in [-0.2, 0) is 10.2 Å². The van der Waals surface area contributed by atoms with Gasteiger partial charge < -0.3 is 9.84 Å². The summed E-state index contributed by atoms with van der Waals surface area (Å²) in [5.74, 6) is -1.50. The first kappa shape index (κ1) is 11.4. The van der Waals surface area contributed by atoms with Crippen molar-refractivity contribution in [3.63, 3.8) is 0 Å². The minimum atomic E-state index is -1.07. The molecule has 86 valence electrons. The Kier molecular flexibility index (Phi) is 2.66. The molecule has 0 radical (unpaired) electrons. The molecule has 1 aliphatic carbocycles. The summed E-state index contributed by atoms with van der Waals surface area (Å²) < 4.78 is 19.3. The second-order valence-corrected chi connectivity index (χ2v) is 4.68. The summed E-state index contributed by atoms with van der Waals surface area (Å²) in [5.41, 5.74) is -0.878. The third-order valence-electron chi connectivity index (χ3n) is 2.91. The third-order valence-corrected chi connectivity index (χ3v) is 3.57. The summed E-state index contributed by atoms with van der Waals surface area (Å²) in [6.07, 6.45) is 0.927. The Morgan fingerprint density at radius 2 is 2.19 bits per heavy atom. The average Bonchev–Trinajstić information content (AvgIpc) is 2.99. The van der Waals surface area contributed by atoms with E-state index in [4.69, 9.17) is 9.84 Å². The molecule has 0 aliphatic heterocycles. The summed E-state index contributed by atoms with van der Waals surface area (Å²) in [4.78, 5) is 11.2. The molecule has 0 aromatic heterocycles. The molecule has 2 rings (SSSR count). The predicted octanol–water partition coefficient (Wildman–Crippen LogP) is 2.71. The average molecular weight is 289 g/mol. The van der Waals surface area contributed by atoms with Gasteiger partial charge in [0, 0.05) is 10.0 Å². The van der Waals surface area contributed by atoms with Crippen molar-refractivity contribution in [2.75, 3.05) is 7.11 Å². The van der Waals surface area contributed by atoms with E-state index < -0.39 is 17.2 Å². The highest BCUT2D eigenvalue weighted by Crippen LogP contribution is 2.52. The van der Waals surface area contributed by atoms with E-state index in [1.807, 2.05) is 0 Å². The maximum Gasteiger partial charge on any atom is 0.314 e. The van der Waals surface area contributed by atoms with Crippen LogP contribution in [0.4, 0.5) is 4.39 Å². The zero-order valence-corrected chi connectivity index (χ0v) is 10.2. The van der Waals surface area contributed by atoms with Crippen molar-refractivity contribution < 1.29 is 19.0 Å². The number of ether oxygens (including phenoxy) is 1. The topological polar surface area (TPSA) is 46.5 Å². The van der Waals surface area contributed by atoms with E-state index in [-0.39, 0.29) is 11.3 Å². The number of methoxy groups -OCH3 is 1. The number of carboxylic acid groups (broad SMARTS) is 1. The molecular weight excluding hydrogens is 279 g/mol. The molecule has 1 fully saturated rings. The molecule has 16 heavy (non-hydrogen) atoms. The molecular formula is C11H10BrFO3. The second-order valence-electron chi connectivity index (χ2n) is 3.83. The van der Waals surface area contributed by atoms with Crippen molar-refractivity contribution in [2.45, 2.75) is 18.3 Å². The fourth-order valence-electron chi connectivity index (χ4n) is 1.83. The highest BCUT2D eigenvalue weighted by atomic mass is 79.9. The van der Waals surface area contributed by atoms with E-state index >= 15 is 0 Å². The van der Waals surface area contributed by atoms with Gasteiger partial charge in [0.1, 0.15) is 0 Å². The standard InChI is InChI=1S/C11H10BrFO3/c1-16-7-3-2-6(12)8(9(7)13)11(4-5-11)10(14)15/h2-3H,4-5H2,1H3,(H,14,15). The molecule has 1 N–H and O–H groups in total. The van der Waals surface area contributed by atoms with E-state index in [1.54, 1.807) is 6.07 Å². The van der Waals surface area contributed by atoms with E-state index in [2.05, 4.69) is 15.9 Å². The molecule has 0 spiro atoms. The van der Waals surface area contributed by atoms with Crippen LogP contribution in [0.25, 0.3) is 0 Å². The Morgan fingerprint density at radius 1 is 1.56 bits per heavy atom. The number of carboxylic acids is 1. The molecule has 0 amide bonds. The molecule has 1 saturated carbocycles. The Morgan fingerprint density at radius 3 is 2.62 bits per heavy atom. The smallest absolute Gasteiger partial charge is 0.314 e. The maximum absolute atomic E-state index is 14.0. The number of carbonyl (C=O) groups is 1. The van der Waals surface area contributed by atoms with Crippen LogP contribution < -0.4 is 4.74 Å². The van der Waals surface area contributed by atoms with E-state index in [1.165, 1.54) is 13.2 Å². The fraction of sp³-hybridized carbons (Fsp3) is 0.364. The molecule has 1 aromatic rings. The molecule has 0 bridgehead atoms. The van der Waals surface area contributed by atoms with E-state index in [0.717, 1.165) is 0 Å². The minimum Gasteiger partial charge on any atom is -0.494 e. The SMILES string of the molecule is COc1ccc(Br)c(C2(C(=O)O)CC2)c1F. The van der Waals surface area contributed by atoms with Crippen LogP contribution in [0.2, 0.25) is 0 Å². The van der Waals surface area contributed by atoms with Gasteiger partial charge >= 0.3 is 5.97 Å². The molecule has 0 saturated heterocycles.